The van der Waals surface area contributed by atoms with Gasteiger partial charge in [0.05, 0.1) is 22.8 Å². The van der Waals surface area contributed by atoms with Crippen LogP contribution in [-0.4, -0.2) is 33.6 Å². The van der Waals surface area contributed by atoms with E-state index in [4.69, 9.17) is 21.5 Å². The minimum Gasteiger partial charge on any atom is -0.491 e. The number of anilines is 3. The smallest absolute Gasteiger partial charge is 0.247 e. The Bertz CT molecular complexity index is 1170. The number of nitrogens with one attached hydrogen (secondary N) is 3. The van der Waals surface area contributed by atoms with E-state index in [0.29, 0.717) is 40.3 Å². The summed E-state index contributed by atoms with van der Waals surface area (Å²) >= 11 is 5.85. The van der Waals surface area contributed by atoms with E-state index in [1.165, 1.54) is 24.5 Å². The third-order valence-corrected chi connectivity index (χ3v) is 4.58. The number of ether oxygens (including phenoxy) is 1. The van der Waals surface area contributed by atoms with Crippen molar-refractivity contribution in [2.45, 2.75) is 12.8 Å². The quantitative estimate of drug-likeness (QED) is 0.165. The molecule has 0 unspecified atom stereocenters. The van der Waals surface area contributed by atoms with Crippen LogP contribution in [0.1, 0.15) is 12.8 Å². The van der Waals surface area contributed by atoms with Crippen LogP contribution in [0, 0.1) is 5.82 Å². The van der Waals surface area contributed by atoms with Crippen molar-refractivity contribution in [2.24, 2.45) is 0 Å². The van der Waals surface area contributed by atoms with Crippen LogP contribution in [0.15, 0.2) is 49.3 Å². The molecule has 0 saturated heterocycles. The first kappa shape index (κ1) is 22.9. The van der Waals surface area contributed by atoms with Gasteiger partial charge in [0.15, 0.2) is 0 Å². The first-order valence-corrected chi connectivity index (χ1v) is 9.79. The Labute approximate surface area is 187 Å². The van der Waals surface area contributed by atoms with Crippen LogP contribution < -0.4 is 20.9 Å². The lowest BCUT2D eigenvalue weighted by atomic mass is 10.1. The topological polar surface area (TPSA) is 125 Å². The summed E-state index contributed by atoms with van der Waals surface area (Å²) in [6.45, 7) is 3.59. The van der Waals surface area contributed by atoms with E-state index < -0.39 is 17.6 Å². The summed E-state index contributed by atoms with van der Waals surface area (Å²) in [5.41, 5.74) is 2.91. The van der Waals surface area contributed by atoms with E-state index >= 15 is 0 Å². The molecule has 4 N–H and O–H groups in total. The summed E-state index contributed by atoms with van der Waals surface area (Å²) in [5.74, 6) is -0.802. The summed E-state index contributed by atoms with van der Waals surface area (Å²) in [4.78, 5) is 31.5. The zero-order valence-corrected chi connectivity index (χ0v) is 17.4. The van der Waals surface area contributed by atoms with Gasteiger partial charge in [-0.1, -0.05) is 18.2 Å². The summed E-state index contributed by atoms with van der Waals surface area (Å²) in [6, 6.07) is 7.40. The summed E-state index contributed by atoms with van der Waals surface area (Å²) in [6.07, 6.45) is 2.85. The van der Waals surface area contributed by atoms with E-state index in [0.717, 1.165) is 6.08 Å². The Morgan fingerprint density at radius 1 is 1.25 bits per heavy atom. The lowest BCUT2D eigenvalue weighted by molar-refractivity contribution is -0.129. The summed E-state index contributed by atoms with van der Waals surface area (Å²) in [5, 5.41) is 14.8. The molecule has 166 valence electrons. The first-order chi connectivity index (χ1) is 15.4. The van der Waals surface area contributed by atoms with Gasteiger partial charge < -0.3 is 15.4 Å². The van der Waals surface area contributed by atoms with Crippen molar-refractivity contribution in [3.63, 3.8) is 0 Å². The van der Waals surface area contributed by atoms with Gasteiger partial charge in [-0.05, 0) is 36.8 Å². The van der Waals surface area contributed by atoms with Gasteiger partial charge in [0, 0.05) is 23.6 Å². The second-order valence-electron chi connectivity index (χ2n) is 6.52. The van der Waals surface area contributed by atoms with Crippen LogP contribution in [0.25, 0.3) is 10.9 Å². The van der Waals surface area contributed by atoms with Gasteiger partial charge >= 0.3 is 0 Å². The monoisotopic (exact) mass is 459 g/mol. The molecule has 0 aliphatic rings. The zero-order valence-electron chi connectivity index (χ0n) is 16.7. The van der Waals surface area contributed by atoms with E-state index in [1.807, 2.05) is 0 Å². The van der Waals surface area contributed by atoms with Crippen molar-refractivity contribution in [2.75, 3.05) is 17.2 Å². The molecule has 3 rings (SSSR count). The van der Waals surface area contributed by atoms with Crippen molar-refractivity contribution in [1.82, 2.24) is 15.4 Å². The average Bonchev–Trinajstić information content (AvgIpc) is 2.79. The molecule has 11 heteroatoms. The van der Waals surface area contributed by atoms with Crippen LogP contribution in [0.4, 0.5) is 21.6 Å². The molecule has 0 radical (unpaired) electrons. The predicted molar refractivity (Wildman–Crippen MR) is 118 cm³/mol. The van der Waals surface area contributed by atoms with Crippen LogP contribution in [0.3, 0.4) is 0 Å². The van der Waals surface area contributed by atoms with Gasteiger partial charge in [-0.2, -0.15) is 0 Å². The number of nitrogens with zero attached hydrogens (tertiary/aromatic N) is 2. The summed E-state index contributed by atoms with van der Waals surface area (Å²) < 4.78 is 19.2. The van der Waals surface area contributed by atoms with Crippen LogP contribution in [0.2, 0.25) is 5.02 Å². The van der Waals surface area contributed by atoms with E-state index in [1.54, 1.807) is 17.6 Å². The van der Waals surface area contributed by atoms with Gasteiger partial charge in [-0.15, -0.1) is 0 Å². The zero-order chi connectivity index (χ0) is 23.1. The standard InChI is InChI=1S/C21H19ClFN5O4/c1-2-19(29)27-17-9-13-16(10-18(17)32-7-3-4-20(30)28-31)24-11-25-21(13)26-12-5-6-15(23)14(22)8-12/h2,5-6,8-11,31H,1,3-4,7H2,(H,27,29)(H,28,30)(H,24,25,26). The lowest BCUT2D eigenvalue weighted by Gasteiger charge is -2.15. The number of carbonyl (C=O) groups is 2. The molecule has 0 aliphatic carbocycles. The molecule has 2 aromatic carbocycles. The molecule has 32 heavy (non-hydrogen) atoms. The fourth-order valence-corrected chi connectivity index (χ4v) is 2.95. The molecule has 0 bridgehead atoms. The highest BCUT2D eigenvalue weighted by molar-refractivity contribution is 6.31. The molecule has 0 spiro atoms. The number of hydrogen-bond acceptors (Lipinski definition) is 7. The lowest BCUT2D eigenvalue weighted by Crippen LogP contribution is -2.19. The highest BCUT2D eigenvalue weighted by atomic mass is 35.5. The molecule has 1 heterocycles. The van der Waals surface area contributed by atoms with Gasteiger partial charge in [-0.25, -0.2) is 19.8 Å². The third kappa shape index (κ3) is 5.68. The van der Waals surface area contributed by atoms with Gasteiger partial charge in [-0.3, -0.25) is 14.8 Å². The number of rotatable bonds is 9. The van der Waals surface area contributed by atoms with Crippen LogP contribution in [-0.2, 0) is 9.59 Å². The Balaban J connectivity index is 1.93. The molecule has 0 saturated carbocycles. The minimum absolute atomic E-state index is 0.0436. The number of amides is 2. The average molecular weight is 460 g/mol. The van der Waals surface area contributed by atoms with Crippen molar-refractivity contribution >= 4 is 51.5 Å². The third-order valence-electron chi connectivity index (χ3n) is 4.29. The Hall–Kier alpha value is -3.76. The van der Waals surface area contributed by atoms with Crippen molar-refractivity contribution in [3.05, 3.63) is 60.2 Å². The molecule has 3 aromatic rings. The van der Waals surface area contributed by atoms with Crippen molar-refractivity contribution in [3.8, 4) is 5.75 Å². The maximum atomic E-state index is 13.5. The molecule has 9 nitrogen and oxygen atoms in total. The Morgan fingerprint density at radius 2 is 2.06 bits per heavy atom. The molecule has 1 aromatic heterocycles. The Morgan fingerprint density at radius 3 is 2.78 bits per heavy atom. The normalized spacial score (nSPS) is 10.5. The number of hydroxylamine groups is 1. The first-order valence-electron chi connectivity index (χ1n) is 9.41. The number of benzene rings is 2. The number of carbonyl (C=O) groups excluding carboxylic acids is 2. The largest absolute Gasteiger partial charge is 0.491 e. The van der Waals surface area contributed by atoms with Crippen LogP contribution in [0.5, 0.6) is 5.75 Å². The molecule has 2 amide bonds. The van der Waals surface area contributed by atoms with E-state index in [2.05, 4.69) is 27.2 Å². The van der Waals surface area contributed by atoms with Crippen molar-refractivity contribution in [1.29, 1.82) is 0 Å². The predicted octanol–water partition coefficient (Wildman–Crippen LogP) is 3.95. The molecule has 0 fully saturated rings. The Kier molecular flexibility index (Phi) is 7.53. The summed E-state index contributed by atoms with van der Waals surface area (Å²) in [7, 11) is 0. The van der Waals surface area contributed by atoms with Crippen LogP contribution >= 0.6 is 11.6 Å². The van der Waals surface area contributed by atoms with E-state index in [9.17, 15) is 14.0 Å². The fourth-order valence-electron chi connectivity index (χ4n) is 2.77. The molecule has 0 aliphatic heterocycles. The number of halogens is 2. The maximum Gasteiger partial charge on any atom is 0.247 e. The number of hydrogen-bond donors (Lipinski definition) is 4. The second-order valence-corrected chi connectivity index (χ2v) is 6.93. The number of aromatic nitrogens is 2. The molecule has 0 atom stereocenters. The van der Waals surface area contributed by atoms with Gasteiger partial charge in [0.1, 0.15) is 23.7 Å². The maximum absolute atomic E-state index is 13.5. The highest BCUT2D eigenvalue weighted by Crippen LogP contribution is 2.34. The minimum atomic E-state index is -0.544. The van der Waals surface area contributed by atoms with Gasteiger partial charge in [0.25, 0.3) is 0 Å². The fraction of sp³-hybridized carbons (Fsp3) is 0.143. The SMILES string of the molecule is C=CC(=O)Nc1cc2c(Nc3ccc(F)c(Cl)c3)ncnc2cc1OCCCC(=O)NO. The van der Waals surface area contributed by atoms with Gasteiger partial charge in [0.2, 0.25) is 11.8 Å². The molecular formula is C21H19ClFN5O4. The van der Waals surface area contributed by atoms with E-state index in [-0.39, 0.29) is 18.1 Å². The number of fused-ring (bicyclic) bond motifs is 1. The highest BCUT2D eigenvalue weighted by Gasteiger charge is 2.14. The van der Waals surface area contributed by atoms with Crippen molar-refractivity contribution < 1.29 is 23.9 Å². The molecular weight excluding hydrogens is 441 g/mol. The second kappa shape index (κ2) is 10.5.